The van der Waals surface area contributed by atoms with Crippen LogP contribution in [-0.4, -0.2) is 11.7 Å². The van der Waals surface area contributed by atoms with E-state index in [9.17, 15) is 0 Å². The van der Waals surface area contributed by atoms with E-state index in [0.29, 0.717) is 18.2 Å². The molecular formula is C25H25ClN2OS. The molecule has 0 saturated carbocycles. The maximum atomic E-state index is 6.51. The molecule has 3 aromatic rings. The second-order valence-corrected chi connectivity index (χ2v) is 8.22. The number of fused-ring (bicyclic) bond motifs is 1. The van der Waals surface area contributed by atoms with Crippen molar-refractivity contribution >= 4 is 34.6 Å². The number of ether oxygens (including phenoxy) is 1. The second kappa shape index (κ2) is 9.96. The zero-order valence-corrected chi connectivity index (χ0v) is 18.4. The fraction of sp³-hybridized carbons (Fsp3) is 0.240. The van der Waals surface area contributed by atoms with Gasteiger partial charge in [0.2, 0.25) is 0 Å². The smallest absolute Gasteiger partial charge is 0.173 e. The molecule has 154 valence electrons. The van der Waals surface area contributed by atoms with Crippen molar-refractivity contribution in [3.63, 3.8) is 0 Å². The molecule has 5 heteroatoms. The van der Waals surface area contributed by atoms with E-state index in [2.05, 4.69) is 34.5 Å². The first-order valence-electron chi connectivity index (χ1n) is 10.3. The number of aryl methyl sites for hydroxylation is 1. The standard InChI is InChI=1S/C25H25ClN2OS/c26-23-16-22(29-18-19-8-2-1-3-9-19)14-13-21(23)17-27-25(30)28-15-7-6-11-20-10-4-5-12-24(20)28/h1-5,8-10,12-14,16H,6-7,11,15,17-18H2,(H,27,30). The summed E-state index contributed by atoms with van der Waals surface area (Å²) in [4.78, 5) is 2.21. The number of benzene rings is 3. The number of thiocarbonyl (C=S) groups is 1. The summed E-state index contributed by atoms with van der Waals surface area (Å²) in [5.41, 5.74) is 4.69. The third kappa shape index (κ3) is 5.13. The molecular weight excluding hydrogens is 412 g/mol. The molecule has 0 atom stereocenters. The molecule has 1 N–H and O–H groups in total. The molecule has 0 amide bonds. The Bertz CT molecular complexity index is 1010. The molecule has 0 spiro atoms. The van der Waals surface area contributed by atoms with E-state index in [-0.39, 0.29) is 0 Å². The Morgan fingerprint density at radius 2 is 1.80 bits per heavy atom. The first-order valence-corrected chi connectivity index (χ1v) is 11.1. The van der Waals surface area contributed by atoms with Crippen LogP contribution in [0.25, 0.3) is 0 Å². The van der Waals surface area contributed by atoms with Gasteiger partial charge in [-0.2, -0.15) is 0 Å². The van der Waals surface area contributed by atoms with E-state index in [0.717, 1.165) is 41.4 Å². The number of hydrogen-bond donors (Lipinski definition) is 1. The van der Waals surface area contributed by atoms with Gasteiger partial charge in [-0.15, -0.1) is 0 Å². The number of hydrogen-bond acceptors (Lipinski definition) is 2. The zero-order valence-electron chi connectivity index (χ0n) is 16.8. The van der Waals surface area contributed by atoms with Gasteiger partial charge in [-0.1, -0.05) is 66.2 Å². The van der Waals surface area contributed by atoms with E-state index in [1.165, 1.54) is 17.7 Å². The lowest BCUT2D eigenvalue weighted by molar-refractivity contribution is 0.306. The van der Waals surface area contributed by atoms with Gasteiger partial charge in [0.05, 0.1) is 0 Å². The normalized spacial score (nSPS) is 13.3. The van der Waals surface area contributed by atoms with Crippen molar-refractivity contribution in [3.05, 3.63) is 94.5 Å². The van der Waals surface area contributed by atoms with Crippen LogP contribution in [-0.2, 0) is 19.6 Å². The Morgan fingerprint density at radius 3 is 2.63 bits per heavy atom. The zero-order chi connectivity index (χ0) is 20.8. The third-order valence-electron chi connectivity index (χ3n) is 5.31. The van der Waals surface area contributed by atoms with Crippen molar-refractivity contribution in [2.45, 2.75) is 32.4 Å². The number of para-hydroxylation sites is 1. The van der Waals surface area contributed by atoms with Gasteiger partial charge in [0, 0.05) is 23.8 Å². The van der Waals surface area contributed by atoms with Crippen LogP contribution in [0, 0.1) is 0 Å². The van der Waals surface area contributed by atoms with Crippen molar-refractivity contribution in [1.29, 1.82) is 0 Å². The molecule has 0 aliphatic carbocycles. The second-order valence-electron chi connectivity index (χ2n) is 7.42. The highest BCUT2D eigenvalue weighted by Gasteiger charge is 2.18. The minimum absolute atomic E-state index is 0.521. The number of nitrogens with one attached hydrogen (secondary N) is 1. The van der Waals surface area contributed by atoms with Crippen molar-refractivity contribution in [2.24, 2.45) is 0 Å². The van der Waals surface area contributed by atoms with Gasteiger partial charge in [-0.3, -0.25) is 0 Å². The molecule has 1 aliphatic heterocycles. The van der Waals surface area contributed by atoms with Crippen molar-refractivity contribution in [3.8, 4) is 5.75 Å². The summed E-state index contributed by atoms with van der Waals surface area (Å²) in [6, 6.07) is 24.4. The highest BCUT2D eigenvalue weighted by molar-refractivity contribution is 7.80. The maximum absolute atomic E-state index is 6.51. The average Bonchev–Trinajstić information content (AvgIpc) is 3.00. The van der Waals surface area contributed by atoms with Crippen LogP contribution in [0.1, 0.15) is 29.5 Å². The van der Waals surface area contributed by atoms with Crippen LogP contribution >= 0.6 is 23.8 Å². The molecule has 0 saturated heterocycles. The Balaban J connectivity index is 1.37. The monoisotopic (exact) mass is 436 g/mol. The number of nitrogens with zero attached hydrogens (tertiary/aromatic N) is 1. The number of anilines is 1. The third-order valence-corrected chi connectivity index (χ3v) is 6.02. The van der Waals surface area contributed by atoms with Gasteiger partial charge < -0.3 is 15.0 Å². The van der Waals surface area contributed by atoms with E-state index in [1.807, 2.05) is 48.5 Å². The van der Waals surface area contributed by atoms with Crippen LogP contribution in [0.4, 0.5) is 5.69 Å². The Hall–Kier alpha value is -2.56. The van der Waals surface area contributed by atoms with E-state index in [1.54, 1.807) is 0 Å². The van der Waals surface area contributed by atoms with Crippen LogP contribution in [0.15, 0.2) is 72.8 Å². The molecule has 0 unspecified atom stereocenters. The lowest BCUT2D eigenvalue weighted by Gasteiger charge is -2.26. The average molecular weight is 437 g/mol. The van der Waals surface area contributed by atoms with Gasteiger partial charge in [-0.05, 0) is 66.4 Å². The SMILES string of the molecule is S=C(NCc1ccc(OCc2ccccc2)cc1Cl)N1CCCCc2ccccc21. The van der Waals surface area contributed by atoms with Gasteiger partial charge in [0.1, 0.15) is 12.4 Å². The van der Waals surface area contributed by atoms with Crippen molar-refractivity contribution in [1.82, 2.24) is 5.32 Å². The molecule has 0 bridgehead atoms. The Kier molecular flexibility index (Phi) is 6.88. The van der Waals surface area contributed by atoms with Gasteiger partial charge in [0.15, 0.2) is 5.11 Å². The van der Waals surface area contributed by atoms with Crippen molar-refractivity contribution in [2.75, 3.05) is 11.4 Å². The lowest BCUT2D eigenvalue weighted by Crippen LogP contribution is -2.40. The molecule has 3 aromatic carbocycles. The molecule has 0 radical (unpaired) electrons. The van der Waals surface area contributed by atoms with Gasteiger partial charge >= 0.3 is 0 Å². The van der Waals surface area contributed by atoms with E-state index in [4.69, 9.17) is 28.6 Å². The molecule has 3 nitrogen and oxygen atoms in total. The topological polar surface area (TPSA) is 24.5 Å². The molecule has 30 heavy (non-hydrogen) atoms. The summed E-state index contributed by atoms with van der Waals surface area (Å²) in [5, 5.41) is 4.80. The Labute approximate surface area is 188 Å². The predicted octanol–water partition coefficient (Wildman–Crippen LogP) is 6.14. The summed E-state index contributed by atoms with van der Waals surface area (Å²) in [6.45, 7) is 2.03. The summed E-state index contributed by atoms with van der Waals surface area (Å²) < 4.78 is 5.86. The van der Waals surface area contributed by atoms with Gasteiger partial charge in [0.25, 0.3) is 0 Å². The molecule has 0 fully saturated rings. The number of halogens is 1. The van der Waals surface area contributed by atoms with Crippen LogP contribution in [0.3, 0.4) is 0 Å². The fourth-order valence-corrected chi connectivity index (χ4v) is 4.17. The van der Waals surface area contributed by atoms with Crippen LogP contribution < -0.4 is 15.0 Å². The summed E-state index contributed by atoms with van der Waals surface area (Å²) in [6.07, 6.45) is 3.42. The first kappa shape index (κ1) is 20.7. The first-order chi connectivity index (χ1) is 14.7. The predicted molar refractivity (Wildman–Crippen MR) is 128 cm³/mol. The summed E-state index contributed by atoms with van der Waals surface area (Å²) in [5.74, 6) is 0.761. The van der Waals surface area contributed by atoms with Crippen LogP contribution in [0.5, 0.6) is 5.75 Å². The minimum atomic E-state index is 0.521. The highest BCUT2D eigenvalue weighted by Crippen LogP contribution is 2.27. The highest BCUT2D eigenvalue weighted by atomic mass is 35.5. The number of rotatable bonds is 5. The quantitative estimate of drug-likeness (QED) is 0.486. The fourth-order valence-electron chi connectivity index (χ4n) is 3.67. The molecule has 1 heterocycles. The Morgan fingerprint density at radius 1 is 1.00 bits per heavy atom. The molecule has 1 aliphatic rings. The minimum Gasteiger partial charge on any atom is -0.489 e. The summed E-state index contributed by atoms with van der Waals surface area (Å²) in [7, 11) is 0. The van der Waals surface area contributed by atoms with Gasteiger partial charge in [-0.25, -0.2) is 0 Å². The maximum Gasteiger partial charge on any atom is 0.173 e. The lowest BCUT2D eigenvalue weighted by atomic mass is 10.1. The summed E-state index contributed by atoms with van der Waals surface area (Å²) >= 11 is 12.2. The largest absolute Gasteiger partial charge is 0.489 e. The molecule has 4 rings (SSSR count). The molecule has 0 aromatic heterocycles. The van der Waals surface area contributed by atoms with E-state index >= 15 is 0 Å². The van der Waals surface area contributed by atoms with E-state index < -0.39 is 0 Å². The van der Waals surface area contributed by atoms with Crippen molar-refractivity contribution < 1.29 is 4.74 Å². The van der Waals surface area contributed by atoms with Crippen LogP contribution in [0.2, 0.25) is 5.02 Å².